The maximum absolute atomic E-state index is 12.1. The van der Waals surface area contributed by atoms with Crippen molar-refractivity contribution in [2.75, 3.05) is 18.5 Å². The molecule has 0 aromatic carbocycles. The van der Waals surface area contributed by atoms with Crippen LogP contribution in [0.4, 0.5) is 19.0 Å². The Hall–Kier alpha value is -2.06. The van der Waals surface area contributed by atoms with E-state index in [1.165, 1.54) is 24.2 Å². The van der Waals surface area contributed by atoms with Crippen LogP contribution >= 0.6 is 0 Å². The SMILES string of the molecule is CN(CCC(F)(F)F)c1nnccc1/C(N)=N/O. The highest BCUT2D eigenvalue weighted by molar-refractivity contribution is 6.01. The van der Waals surface area contributed by atoms with Gasteiger partial charge in [-0.3, -0.25) is 0 Å². The van der Waals surface area contributed by atoms with Gasteiger partial charge in [0.05, 0.1) is 18.2 Å². The largest absolute Gasteiger partial charge is 0.409 e. The summed E-state index contributed by atoms with van der Waals surface area (Å²) in [6, 6.07) is 1.40. The predicted octanol–water partition coefficient (Wildman–Crippen LogP) is 0.960. The molecule has 1 aromatic rings. The molecular weight excluding hydrogens is 251 g/mol. The summed E-state index contributed by atoms with van der Waals surface area (Å²) in [4.78, 5) is 1.24. The molecule has 0 atom stereocenters. The summed E-state index contributed by atoms with van der Waals surface area (Å²) >= 11 is 0. The molecule has 0 fully saturated rings. The Labute approximate surface area is 101 Å². The summed E-state index contributed by atoms with van der Waals surface area (Å²) in [6.07, 6.45) is -3.95. The normalized spacial score (nSPS) is 12.6. The van der Waals surface area contributed by atoms with Gasteiger partial charge in [-0.05, 0) is 6.07 Å². The van der Waals surface area contributed by atoms with Crippen molar-refractivity contribution in [2.24, 2.45) is 10.9 Å². The van der Waals surface area contributed by atoms with Crippen LogP contribution in [-0.2, 0) is 0 Å². The molecule has 0 amide bonds. The minimum absolute atomic E-state index is 0.122. The van der Waals surface area contributed by atoms with Crippen molar-refractivity contribution in [3.63, 3.8) is 0 Å². The van der Waals surface area contributed by atoms with Gasteiger partial charge in [-0.25, -0.2) is 0 Å². The third kappa shape index (κ3) is 3.75. The lowest BCUT2D eigenvalue weighted by atomic mass is 10.2. The predicted molar refractivity (Wildman–Crippen MR) is 58.5 cm³/mol. The summed E-state index contributed by atoms with van der Waals surface area (Å²) < 4.78 is 36.3. The van der Waals surface area contributed by atoms with Crippen LogP contribution in [0.5, 0.6) is 0 Å². The van der Waals surface area contributed by atoms with Crippen molar-refractivity contribution in [1.29, 1.82) is 0 Å². The molecule has 1 heterocycles. The number of aromatic nitrogens is 2. The first kappa shape index (κ1) is 14.0. The van der Waals surface area contributed by atoms with Gasteiger partial charge in [0, 0.05) is 13.6 Å². The number of halogens is 3. The smallest absolute Gasteiger partial charge is 0.390 e. The number of nitrogens with zero attached hydrogens (tertiary/aromatic N) is 4. The van der Waals surface area contributed by atoms with Gasteiger partial charge in [0.2, 0.25) is 0 Å². The lowest BCUT2D eigenvalue weighted by Gasteiger charge is -2.20. The third-order valence-electron chi connectivity index (χ3n) is 2.18. The van der Waals surface area contributed by atoms with Crippen LogP contribution in [0, 0.1) is 0 Å². The van der Waals surface area contributed by atoms with Gasteiger partial charge in [0.15, 0.2) is 11.7 Å². The van der Waals surface area contributed by atoms with Gasteiger partial charge in [-0.2, -0.15) is 18.3 Å². The van der Waals surface area contributed by atoms with Crippen molar-refractivity contribution < 1.29 is 18.4 Å². The topological polar surface area (TPSA) is 87.6 Å². The maximum atomic E-state index is 12.1. The van der Waals surface area contributed by atoms with Gasteiger partial charge < -0.3 is 15.8 Å². The van der Waals surface area contributed by atoms with Gasteiger partial charge in [0.1, 0.15) is 0 Å². The highest BCUT2D eigenvalue weighted by Gasteiger charge is 2.28. The molecule has 0 aliphatic carbocycles. The number of anilines is 1. The molecule has 0 unspecified atom stereocenters. The van der Waals surface area contributed by atoms with Crippen LogP contribution in [0.15, 0.2) is 17.4 Å². The molecule has 1 aromatic heterocycles. The Morgan fingerprint density at radius 1 is 1.56 bits per heavy atom. The standard InChI is InChI=1S/C9H12F3N5O/c1-17(5-3-9(10,11)12)8-6(7(13)16-18)2-4-14-15-8/h2,4,18H,3,5H2,1H3,(H2,13,16). The van der Waals surface area contributed by atoms with E-state index in [-0.39, 0.29) is 23.8 Å². The zero-order valence-corrected chi connectivity index (χ0v) is 9.52. The number of rotatable bonds is 4. The molecule has 100 valence electrons. The van der Waals surface area contributed by atoms with E-state index in [0.29, 0.717) is 0 Å². The quantitative estimate of drug-likeness (QED) is 0.365. The number of nitrogens with two attached hydrogens (primary N) is 1. The second kappa shape index (κ2) is 5.52. The highest BCUT2D eigenvalue weighted by atomic mass is 19.4. The van der Waals surface area contributed by atoms with Gasteiger partial charge in [-0.15, -0.1) is 5.10 Å². The summed E-state index contributed by atoms with van der Waals surface area (Å²) in [5, 5.41) is 18.6. The lowest BCUT2D eigenvalue weighted by molar-refractivity contribution is -0.132. The van der Waals surface area contributed by atoms with Crippen molar-refractivity contribution in [1.82, 2.24) is 10.2 Å². The molecule has 0 bridgehead atoms. The Balaban J connectivity index is 2.89. The van der Waals surface area contributed by atoms with E-state index >= 15 is 0 Å². The number of hydrogen-bond donors (Lipinski definition) is 2. The molecule has 0 saturated heterocycles. The van der Waals surface area contributed by atoms with Crippen LogP contribution < -0.4 is 10.6 Å². The first-order valence-corrected chi connectivity index (χ1v) is 4.92. The summed E-state index contributed by atoms with van der Waals surface area (Å²) in [7, 11) is 1.42. The first-order chi connectivity index (χ1) is 8.35. The summed E-state index contributed by atoms with van der Waals surface area (Å²) in [5.74, 6) is -0.115. The molecule has 0 radical (unpaired) electrons. The van der Waals surface area contributed by atoms with E-state index in [0.717, 1.165) is 0 Å². The zero-order chi connectivity index (χ0) is 13.8. The second-order valence-corrected chi connectivity index (χ2v) is 3.54. The van der Waals surface area contributed by atoms with E-state index in [2.05, 4.69) is 15.4 Å². The van der Waals surface area contributed by atoms with Crippen molar-refractivity contribution in [3.05, 3.63) is 17.8 Å². The zero-order valence-electron chi connectivity index (χ0n) is 9.52. The van der Waals surface area contributed by atoms with Gasteiger partial charge in [-0.1, -0.05) is 5.16 Å². The lowest BCUT2D eigenvalue weighted by Crippen LogP contribution is -2.28. The Morgan fingerprint density at radius 3 is 2.78 bits per heavy atom. The number of amidine groups is 1. The summed E-state index contributed by atoms with van der Waals surface area (Å²) in [5.41, 5.74) is 5.62. The fourth-order valence-electron chi connectivity index (χ4n) is 1.26. The molecule has 1 rings (SSSR count). The number of hydrogen-bond acceptors (Lipinski definition) is 5. The molecule has 6 nitrogen and oxygen atoms in total. The maximum Gasteiger partial charge on any atom is 0.390 e. The minimum Gasteiger partial charge on any atom is -0.409 e. The molecule has 9 heteroatoms. The van der Waals surface area contributed by atoms with Gasteiger partial charge >= 0.3 is 6.18 Å². The average Bonchev–Trinajstić information content (AvgIpc) is 2.34. The third-order valence-corrected chi connectivity index (χ3v) is 2.18. The fourth-order valence-corrected chi connectivity index (χ4v) is 1.26. The van der Waals surface area contributed by atoms with E-state index in [9.17, 15) is 13.2 Å². The molecule has 18 heavy (non-hydrogen) atoms. The molecular formula is C9H12F3N5O. The van der Waals surface area contributed by atoms with E-state index in [1.54, 1.807) is 0 Å². The van der Waals surface area contributed by atoms with Crippen molar-refractivity contribution >= 4 is 11.7 Å². The average molecular weight is 263 g/mol. The fraction of sp³-hybridized carbons (Fsp3) is 0.444. The molecule has 0 aliphatic rings. The Morgan fingerprint density at radius 2 is 2.22 bits per heavy atom. The second-order valence-electron chi connectivity index (χ2n) is 3.54. The van der Waals surface area contributed by atoms with Crippen molar-refractivity contribution in [2.45, 2.75) is 12.6 Å². The van der Waals surface area contributed by atoms with E-state index in [1.807, 2.05) is 0 Å². The van der Waals surface area contributed by atoms with Crippen molar-refractivity contribution in [3.8, 4) is 0 Å². The van der Waals surface area contributed by atoms with E-state index < -0.39 is 12.6 Å². The van der Waals surface area contributed by atoms with Crippen LogP contribution in [0.25, 0.3) is 0 Å². The molecule has 3 N–H and O–H groups in total. The van der Waals surface area contributed by atoms with Crippen LogP contribution in [0.2, 0.25) is 0 Å². The summed E-state index contributed by atoms with van der Waals surface area (Å²) in [6.45, 7) is -0.298. The van der Waals surface area contributed by atoms with E-state index in [4.69, 9.17) is 10.9 Å². The monoisotopic (exact) mass is 263 g/mol. The molecule has 0 spiro atoms. The first-order valence-electron chi connectivity index (χ1n) is 4.92. The van der Waals surface area contributed by atoms with Crippen LogP contribution in [-0.4, -0.2) is 41.0 Å². The number of alkyl halides is 3. The highest BCUT2D eigenvalue weighted by Crippen LogP contribution is 2.22. The van der Waals surface area contributed by atoms with Crippen LogP contribution in [0.1, 0.15) is 12.0 Å². The van der Waals surface area contributed by atoms with Crippen LogP contribution in [0.3, 0.4) is 0 Å². The minimum atomic E-state index is -4.26. The Bertz CT molecular complexity index is 434. The number of oxime groups is 1. The Kier molecular flexibility index (Phi) is 4.29. The molecule has 0 saturated carbocycles. The van der Waals surface area contributed by atoms with Gasteiger partial charge in [0.25, 0.3) is 0 Å². The molecule has 0 aliphatic heterocycles.